The third-order valence-electron chi connectivity index (χ3n) is 4.29. The van der Waals surface area contributed by atoms with Crippen LogP contribution in [0.15, 0.2) is 45.6 Å². The molecule has 1 unspecified atom stereocenters. The van der Waals surface area contributed by atoms with Gasteiger partial charge < -0.3 is 14.3 Å². The quantitative estimate of drug-likeness (QED) is 0.561. The molecule has 0 aliphatic heterocycles. The Labute approximate surface area is 144 Å². The largest absolute Gasteiger partial charge is 0.478 e. The summed E-state index contributed by atoms with van der Waals surface area (Å²) in [5, 5.41) is 11.5. The topological polar surface area (TPSA) is 76.7 Å². The van der Waals surface area contributed by atoms with E-state index in [0.717, 1.165) is 16.3 Å². The minimum absolute atomic E-state index is 0.193. The van der Waals surface area contributed by atoms with E-state index in [2.05, 4.69) is 0 Å². The minimum atomic E-state index is -1.02. The van der Waals surface area contributed by atoms with Gasteiger partial charge in [0.05, 0.1) is 5.39 Å². The average Bonchev–Trinajstić information content (AvgIpc) is 2.58. The lowest BCUT2D eigenvalue weighted by molar-refractivity contribution is -0.147. The smallest absolute Gasteiger partial charge is 0.345 e. The standard InChI is InChI=1S/C20H20O5/c1-4-12-9-15-13-7-5-6-8-14(13)20(23)25-17(15)10-16(12)24-18(11(2)3)19(21)22/h5-11,18H,4H2,1-3H3,(H,21,22). The van der Waals surface area contributed by atoms with Gasteiger partial charge in [0.1, 0.15) is 11.3 Å². The molecule has 5 heteroatoms. The first kappa shape index (κ1) is 17.0. The molecule has 0 aliphatic carbocycles. The highest BCUT2D eigenvalue weighted by Gasteiger charge is 2.25. The monoisotopic (exact) mass is 340 g/mol. The van der Waals surface area contributed by atoms with Crippen molar-refractivity contribution >= 4 is 27.7 Å². The van der Waals surface area contributed by atoms with Crippen LogP contribution < -0.4 is 10.4 Å². The Bertz CT molecular complexity index is 1000. The lowest BCUT2D eigenvalue weighted by atomic mass is 10.0. The van der Waals surface area contributed by atoms with Crippen molar-refractivity contribution in [2.24, 2.45) is 5.92 Å². The SMILES string of the molecule is CCc1cc2c(cc1OC(C(=O)O)C(C)C)oc(=O)c1ccccc12. The molecular weight excluding hydrogens is 320 g/mol. The van der Waals surface area contributed by atoms with E-state index >= 15 is 0 Å². The normalized spacial score (nSPS) is 12.6. The maximum absolute atomic E-state index is 12.2. The molecule has 0 radical (unpaired) electrons. The van der Waals surface area contributed by atoms with Gasteiger partial charge >= 0.3 is 11.6 Å². The molecule has 0 bridgehead atoms. The number of aliphatic carboxylic acids is 1. The second-order valence-corrected chi connectivity index (χ2v) is 6.37. The minimum Gasteiger partial charge on any atom is -0.478 e. The first-order chi connectivity index (χ1) is 11.9. The Morgan fingerprint density at radius 2 is 1.84 bits per heavy atom. The summed E-state index contributed by atoms with van der Waals surface area (Å²) in [6.07, 6.45) is -0.293. The summed E-state index contributed by atoms with van der Waals surface area (Å²) in [6.45, 7) is 5.55. The second kappa shape index (κ2) is 6.59. The molecule has 130 valence electrons. The number of hydrogen-bond acceptors (Lipinski definition) is 4. The van der Waals surface area contributed by atoms with Gasteiger partial charge in [-0.15, -0.1) is 0 Å². The predicted molar refractivity (Wildman–Crippen MR) is 96.3 cm³/mol. The van der Waals surface area contributed by atoms with E-state index in [0.29, 0.717) is 23.1 Å². The van der Waals surface area contributed by atoms with Crippen LogP contribution in [0.2, 0.25) is 0 Å². The number of aryl methyl sites for hydroxylation is 1. The highest BCUT2D eigenvalue weighted by molar-refractivity contribution is 6.04. The van der Waals surface area contributed by atoms with Gasteiger partial charge in [-0.2, -0.15) is 0 Å². The van der Waals surface area contributed by atoms with Crippen molar-refractivity contribution in [1.82, 2.24) is 0 Å². The predicted octanol–water partition coefficient (Wildman–Crippen LogP) is 4.00. The zero-order chi connectivity index (χ0) is 18.1. The molecule has 2 aromatic carbocycles. The molecule has 1 N–H and O–H groups in total. The van der Waals surface area contributed by atoms with E-state index in [1.54, 1.807) is 32.0 Å². The van der Waals surface area contributed by atoms with Gasteiger partial charge in [-0.25, -0.2) is 9.59 Å². The lowest BCUT2D eigenvalue weighted by Gasteiger charge is -2.20. The maximum atomic E-state index is 12.2. The van der Waals surface area contributed by atoms with E-state index in [-0.39, 0.29) is 5.92 Å². The van der Waals surface area contributed by atoms with Gasteiger partial charge in [0.2, 0.25) is 0 Å². The van der Waals surface area contributed by atoms with E-state index in [1.165, 1.54) is 0 Å². The van der Waals surface area contributed by atoms with Gasteiger partial charge in [0, 0.05) is 17.4 Å². The number of carboxylic acid groups (broad SMARTS) is 1. The first-order valence-corrected chi connectivity index (χ1v) is 8.30. The summed E-state index contributed by atoms with van der Waals surface area (Å²) in [7, 11) is 0. The summed E-state index contributed by atoms with van der Waals surface area (Å²) >= 11 is 0. The zero-order valence-electron chi connectivity index (χ0n) is 14.4. The van der Waals surface area contributed by atoms with E-state index < -0.39 is 17.7 Å². The van der Waals surface area contributed by atoms with Crippen LogP contribution in [0, 0.1) is 5.92 Å². The van der Waals surface area contributed by atoms with Crippen LogP contribution >= 0.6 is 0 Å². The van der Waals surface area contributed by atoms with Gasteiger partial charge in [0.15, 0.2) is 6.10 Å². The van der Waals surface area contributed by atoms with Crippen molar-refractivity contribution in [2.45, 2.75) is 33.3 Å². The molecule has 1 heterocycles. The second-order valence-electron chi connectivity index (χ2n) is 6.37. The van der Waals surface area contributed by atoms with Crippen molar-refractivity contribution in [3.63, 3.8) is 0 Å². The molecule has 0 aliphatic rings. The molecule has 3 aromatic rings. The number of carboxylic acids is 1. The first-order valence-electron chi connectivity index (χ1n) is 8.30. The van der Waals surface area contributed by atoms with Gasteiger partial charge in [-0.1, -0.05) is 39.0 Å². The van der Waals surface area contributed by atoms with Crippen molar-refractivity contribution in [3.8, 4) is 5.75 Å². The summed E-state index contributed by atoms with van der Waals surface area (Å²) in [5.41, 5.74) is 0.846. The summed E-state index contributed by atoms with van der Waals surface area (Å²) in [4.78, 5) is 23.6. The Kier molecular flexibility index (Phi) is 4.49. The Morgan fingerprint density at radius 1 is 1.16 bits per heavy atom. The molecule has 3 rings (SSSR count). The van der Waals surface area contributed by atoms with Crippen LogP contribution in [-0.2, 0) is 11.2 Å². The average molecular weight is 340 g/mol. The highest BCUT2D eigenvalue weighted by atomic mass is 16.5. The number of rotatable bonds is 5. The van der Waals surface area contributed by atoms with Gasteiger partial charge in [0.25, 0.3) is 0 Å². The Morgan fingerprint density at radius 3 is 2.44 bits per heavy atom. The van der Waals surface area contributed by atoms with Gasteiger partial charge in [-0.05, 0) is 29.5 Å². The van der Waals surface area contributed by atoms with Gasteiger partial charge in [-0.3, -0.25) is 0 Å². The molecule has 0 spiro atoms. The molecule has 0 saturated heterocycles. The summed E-state index contributed by atoms with van der Waals surface area (Å²) in [6, 6.07) is 10.8. The number of fused-ring (bicyclic) bond motifs is 3. The fourth-order valence-corrected chi connectivity index (χ4v) is 2.95. The number of benzene rings is 2. The van der Waals surface area contributed by atoms with E-state index in [1.807, 2.05) is 25.1 Å². The number of ether oxygens (including phenoxy) is 1. The fraction of sp³-hybridized carbons (Fsp3) is 0.300. The van der Waals surface area contributed by atoms with Crippen molar-refractivity contribution in [3.05, 3.63) is 52.4 Å². The third-order valence-corrected chi connectivity index (χ3v) is 4.29. The van der Waals surface area contributed by atoms with Crippen molar-refractivity contribution < 1.29 is 19.1 Å². The van der Waals surface area contributed by atoms with Crippen LogP contribution in [0.3, 0.4) is 0 Å². The molecule has 0 amide bonds. The Hall–Kier alpha value is -2.82. The molecule has 0 saturated carbocycles. The highest BCUT2D eigenvalue weighted by Crippen LogP contribution is 2.31. The summed E-state index contributed by atoms with van der Waals surface area (Å²) in [5.74, 6) is -0.770. The van der Waals surface area contributed by atoms with Crippen molar-refractivity contribution in [1.29, 1.82) is 0 Å². The summed E-state index contributed by atoms with van der Waals surface area (Å²) < 4.78 is 11.2. The van der Waals surface area contributed by atoms with Crippen LogP contribution in [0.5, 0.6) is 5.75 Å². The molecular formula is C20H20O5. The van der Waals surface area contributed by atoms with Crippen molar-refractivity contribution in [2.75, 3.05) is 0 Å². The number of hydrogen-bond donors (Lipinski definition) is 1. The molecule has 5 nitrogen and oxygen atoms in total. The maximum Gasteiger partial charge on any atom is 0.345 e. The lowest BCUT2D eigenvalue weighted by Crippen LogP contribution is -2.32. The zero-order valence-corrected chi connectivity index (χ0v) is 14.4. The molecule has 1 aromatic heterocycles. The van der Waals surface area contributed by atoms with E-state index in [9.17, 15) is 14.7 Å². The number of carbonyl (C=O) groups is 1. The molecule has 1 atom stereocenters. The third kappa shape index (κ3) is 3.09. The van der Waals surface area contributed by atoms with Crippen LogP contribution in [0.25, 0.3) is 21.7 Å². The Balaban J connectivity index is 2.22. The van der Waals surface area contributed by atoms with Crippen LogP contribution in [0.4, 0.5) is 0 Å². The van der Waals surface area contributed by atoms with E-state index in [4.69, 9.17) is 9.15 Å². The van der Waals surface area contributed by atoms with Crippen LogP contribution in [-0.4, -0.2) is 17.2 Å². The molecule has 25 heavy (non-hydrogen) atoms. The van der Waals surface area contributed by atoms with Crippen LogP contribution in [0.1, 0.15) is 26.3 Å². The fourth-order valence-electron chi connectivity index (χ4n) is 2.95. The molecule has 0 fully saturated rings.